The normalized spacial score (nSPS) is 25.1. The average molecular weight is 539 g/mol. The van der Waals surface area contributed by atoms with E-state index in [2.05, 4.69) is 15.3 Å². The molecule has 0 bridgehead atoms. The van der Waals surface area contributed by atoms with Crippen LogP contribution in [0.4, 0.5) is 22.0 Å². The molecule has 0 radical (unpaired) electrons. The lowest BCUT2D eigenvalue weighted by atomic mass is 9.97. The summed E-state index contributed by atoms with van der Waals surface area (Å²) in [5.41, 5.74) is -3.63. The van der Waals surface area contributed by atoms with Crippen molar-refractivity contribution in [3.63, 3.8) is 0 Å². The SMILES string of the molecule is OCC1O[C@H](Sc2cncc(Cl)c2)C(O)[C@@H](n2cc(-c3cc(F)c(C(F)(F)F)c(F)c3)nn2)[C@H]1O. The number of benzene rings is 1. The fraction of sp³-hybridized carbons (Fsp3) is 0.350. The highest BCUT2D eigenvalue weighted by molar-refractivity contribution is 7.99. The van der Waals surface area contributed by atoms with Crippen LogP contribution in [0.2, 0.25) is 5.02 Å². The van der Waals surface area contributed by atoms with Gasteiger partial charge in [0.2, 0.25) is 0 Å². The first kappa shape index (κ1) is 25.7. The molecule has 3 heterocycles. The summed E-state index contributed by atoms with van der Waals surface area (Å²) >= 11 is 6.93. The quantitative estimate of drug-likeness (QED) is 0.425. The minimum Gasteiger partial charge on any atom is -0.394 e. The Morgan fingerprint density at radius 2 is 1.77 bits per heavy atom. The second kappa shape index (κ2) is 9.95. The van der Waals surface area contributed by atoms with Gasteiger partial charge in [-0.2, -0.15) is 13.2 Å². The van der Waals surface area contributed by atoms with Gasteiger partial charge in [0.05, 0.1) is 17.8 Å². The van der Waals surface area contributed by atoms with Crippen LogP contribution in [-0.2, 0) is 10.9 Å². The van der Waals surface area contributed by atoms with Crippen molar-refractivity contribution in [1.29, 1.82) is 0 Å². The molecule has 3 N–H and O–H groups in total. The molecule has 2 unspecified atom stereocenters. The Morgan fingerprint density at radius 3 is 2.37 bits per heavy atom. The number of alkyl halides is 3. The minimum absolute atomic E-state index is 0.216. The van der Waals surface area contributed by atoms with E-state index in [-0.39, 0.29) is 11.3 Å². The van der Waals surface area contributed by atoms with Crippen LogP contribution in [0.1, 0.15) is 11.6 Å². The van der Waals surface area contributed by atoms with E-state index in [9.17, 15) is 37.3 Å². The Balaban J connectivity index is 1.64. The maximum absolute atomic E-state index is 14.0. The summed E-state index contributed by atoms with van der Waals surface area (Å²) < 4.78 is 73.1. The standard InChI is InChI=1S/C20H16ClF5N4O4S/c21-9-3-10(5-27-4-9)35-19-18(33)16(17(32)14(7-31)34-19)30-6-13(28-29-30)8-1-11(22)15(12(23)2-8)20(24,25)26/h1-6,14,16-19,31-33H,7H2/t14?,16-,17-,18?,19+/m0/s1. The molecule has 1 saturated heterocycles. The predicted molar refractivity (Wildman–Crippen MR) is 112 cm³/mol. The molecule has 2 aromatic heterocycles. The average Bonchev–Trinajstić information content (AvgIpc) is 3.24. The first-order chi connectivity index (χ1) is 16.5. The molecule has 3 aromatic rings. The van der Waals surface area contributed by atoms with E-state index in [1.807, 2.05) is 0 Å². The van der Waals surface area contributed by atoms with E-state index in [4.69, 9.17) is 16.3 Å². The van der Waals surface area contributed by atoms with E-state index in [1.165, 1.54) is 12.4 Å². The topological polar surface area (TPSA) is 114 Å². The van der Waals surface area contributed by atoms with E-state index < -0.39 is 59.8 Å². The van der Waals surface area contributed by atoms with Crippen molar-refractivity contribution >= 4 is 23.4 Å². The summed E-state index contributed by atoms with van der Waals surface area (Å²) in [6.45, 7) is -0.619. The molecule has 8 nitrogen and oxygen atoms in total. The molecule has 15 heteroatoms. The number of pyridine rings is 1. The zero-order chi connectivity index (χ0) is 25.5. The van der Waals surface area contributed by atoms with Gasteiger partial charge >= 0.3 is 6.18 Å². The fourth-order valence-electron chi connectivity index (χ4n) is 3.62. The van der Waals surface area contributed by atoms with Crippen molar-refractivity contribution in [2.75, 3.05) is 6.61 Å². The molecule has 0 amide bonds. The second-order valence-corrected chi connectivity index (χ2v) is 9.16. The highest BCUT2D eigenvalue weighted by Gasteiger charge is 2.46. The molecule has 0 spiro atoms. The number of nitrogens with zero attached hydrogens (tertiary/aromatic N) is 4. The molecular formula is C20H16ClF5N4O4S. The molecule has 1 aliphatic rings. The molecule has 188 valence electrons. The molecule has 1 fully saturated rings. The smallest absolute Gasteiger partial charge is 0.394 e. The number of aliphatic hydroxyl groups is 3. The van der Waals surface area contributed by atoms with Crippen LogP contribution in [0.15, 0.2) is 41.7 Å². The van der Waals surface area contributed by atoms with Gasteiger partial charge in [-0.15, -0.1) is 5.10 Å². The van der Waals surface area contributed by atoms with Crippen LogP contribution < -0.4 is 0 Å². The largest absolute Gasteiger partial charge is 0.422 e. The third-order valence-corrected chi connectivity index (χ3v) is 6.54. The van der Waals surface area contributed by atoms with Crippen molar-refractivity contribution < 1.29 is 42.0 Å². The number of rotatable bonds is 5. The summed E-state index contributed by atoms with van der Waals surface area (Å²) in [5, 5.41) is 39.0. The van der Waals surface area contributed by atoms with Crippen molar-refractivity contribution in [3.05, 3.63) is 59.0 Å². The minimum atomic E-state index is -5.23. The molecule has 0 aliphatic carbocycles. The maximum atomic E-state index is 14.0. The highest BCUT2D eigenvalue weighted by Crippen LogP contribution is 2.39. The Kier molecular flexibility index (Phi) is 7.31. The third kappa shape index (κ3) is 5.27. The first-order valence-corrected chi connectivity index (χ1v) is 11.1. The Labute approximate surface area is 203 Å². The molecule has 5 atom stereocenters. The monoisotopic (exact) mass is 538 g/mol. The lowest BCUT2D eigenvalue weighted by molar-refractivity contribution is -0.178. The van der Waals surface area contributed by atoms with Crippen LogP contribution in [0.5, 0.6) is 0 Å². The Bertz CT molecular complexity index is 1190. The van der Waals surface area contributed by atoms with Crippen LogP contribution in [-0.4, -0.2) is 65.7 Å². The zero-order valence-electron chi connectivity index (χ0n) is 17.3. The molecular weight excluding hydrogens is 523 g/mol. The summed E-state index contributed by atoms with van der Waals surface area (Å²) in [5.74, 6) is -3.67. The summed E-state index contributed by atoms with van der Waals surface area (Å²) in [6, 6.07) is 1.23. The third-order valence-electron chi connectivity index (χ3n) is 5.22. The van der Waals surface area contributed by atoms with Gasteiger partial charge in [0.1, 0.15) is 52.7 Å². The van der Waals surface area contributed by atoms with Crippen molar-refractivity contribution in [1.82, 2.24) is 20.0 Å². The number of hydrogen-bond donors (Lipinski definition) is 3. The van der Waals surface area contributed by atoms with Gasteiger partial charge in [0.15, 0.2) is 0 Å². The Morgan fingerprint density at radius 1 is 1.09 bits per heavy atom. The van der Waals surface area contributed by atoms with Gasteiger partial charge in [0, 0.05) is 22.9 Å². The zero-order valence-corrected chi connectivity index (χ0v) is 18.8. The van der Waals surface area contributed by atoms with Gasteiger partial charge in [-0.1, -0.05) is 28.6 Å². The number of hydrogen-bond acceptors (Lipinski definition) is 8. The number of aromatic nitrogens is 4. The van der Waals surface area contributed by atoms with E-state index >= 15 is 0 Å². The van der Waals surface area contributed by atoms with Crippen LogP contribution >= 0.6 is 23.4 Å². The Hall–Kier alpha value is -2.36. The second-order valence-electron chi connectivity index (χ2n) is 7.55. The summed E-state index contributed by atoms with van der Waals surface area (Å²) in [4.78, 5) is 4.45. The van der Waals surface area contributed by atoms with Crippen molar-refractivity contribution in [2.45, 2.75) is 40.9 Å². The van der Waals surface area contributed by atoms with E-state index in [0.29, 0.717) is 22.1 Å². The number of halogens is 6. The fourth-order valence-corrected chi connectivity index (χ4v) is 4.94. The molecule has 0 saturated carbocycles. The number of ether oxygens (including phenoxy) is 1. The van der Waals surface area contributed by atoms with Gasteiger partial charge in [-0.25, -0.2) is 13.5 Å². The lowest BCUT2D eigenvalue weighted by Crippen LogP contribution is -2.55. The number of thioether (sulfide) groups is 1. The van der Waals surface area contributed by atoms with Gasteiger partial charge in [-0.3, -0.25) is 4.98 Å². The van der Waals surface area contributed by atoms with E-state index in [0.717, 1.165) is 22.6 Å². The van der Waals surface area contributed by atoms with Crippen LogP contribution in [0.25, 0.3) is 11.3 Å². The molecule has 35 heavy (non-hydrogen) atoms. The summed E-state index contributed by atoms with van der Waals surface area (Å²) in [6.07, 6.45) is -5.35. The van der Waals surface area contributed by atoms with Gasteiger partial charge < -0.3 is 20.1 Å². The first-order valence-electron chi connectivity index (χ1n) is 9.87. The lowest BCUT2D eigenvalue weighted by Gasteiger charge is -2.41. The van der Waals surface area contributed by atoms with E-state index in [1.54, 1.807) is 6.07 Å². The summed E-state index contributed by atoms with van der Waals surface area (Å²) in [7, 11) is 0. The molecule has 1 aliphatic heterocycles. The maximum Gasteiger partial charge on any atom is 0.422 e. The van der Waals surface area contributed by atoms with Gasteiger partial charge in [-0.05, 0) is 18.2 Å². The van der Waals surface area contributed by atoms with Crippen LogP contribution in [0, 0.1) is 11.6 Å². The highest BCUT2D eigenvalue weighted by atomic mass is 35.5. The predicted octanol–water partition coefficient (Wildman–Crippen LogP) is 3.06. The van der Waals surface area contributed by atoms with Crippen LogP contribution in [0.3, 0.4) is 0 Å². The molecule has 4 rings (SSSR count). The van der Waals surface area contributed by atoms with Gasteiger partial charge in [0.25, 0.3) is 0 Å². The van der Waals surface area contributed by atoms with Crippen molar-refractivity contribution in [2.24, 2.45) is 0 Å². The van der Waals surface area contributed by atoms with Crippen molar-refractivity contribution in [3.8, 4) is 11.3 Å². The number of aliphatic hydroxyl groups excluding tert-OH is 3. The molecule has 1 aromatic carbocycles.